The largest absolute Gasteiger partial charge is 0.503 e. The van der Waals surface area contributed by atoms with Crippen molar-refractivity contribution in [3.8, 4) is 5.75 Å². The molecule has 0 spiro atoms. The van der Waals surface area contributed by atoms with Gasteiger partial charge in [-0.3, -0.25) is 4.79 Å². The highest BCUT2D eigenvalue weighted by Gasteiger charge is 2.01. The van der Waals surface area contributed by atoms with Gasteiger partial charge in [0.25, 0.3) is 5.91 Å². The van der Waals surface area contributed by atoms with Crippen molar-refractivity contribution in [1.82, 2.24) is 0 Å². The molecule has 1 rings (SSSR count). The molecular weight excluding hydrogens is 182 g/mol. The van der Waals surface area contributed by atoms with E-state index in [4.69, 9.17) is 15.6 Å². The quantitative estimate of drug-likeness (QED) is 0.557. The van der Waals surface area contributed by atoms with Crippen molar-refractivity contribution in [2.75, 3.05) is 7.11 Å². The number of primary amides is 1. The highest BCUT2D eigenvalue weighted by molar-refractivity contribution is 5.94. The van der Waals surface area contributed by atoms with Crippen molar-refractivity contribution in [3.05, 3.63) is 35.6 Å². The molecule has 0 fully saturated rings. The number of rotatable bonds is 3. The van der Waals surface area contributed by atoms with E-state index in [1.54, 1.807) is 24.3 Å². The summed E-state index contributed by atoms with van der Waals surface area (Å²) in [5.41, 5.74) is 5.52. The topological polar surface area (TPSA) is 72.6 Å². The molecule has 0 atom stereocenters. The van der Waals surface area contributed by atoms with Gasteiger partial charge < -0.3 is 15.6 Å². The fourth-order valence-corrected chi connectivity index (χ4v) is 0.960. The minimum atomic E-state index is -0.854. The van der Waals surface area contributed by atoms with Crippen LogP contribution >= 0.6 is 0 Å². The Labute approximate surface area is 81.6 Å². The van der Waals surface area contributed by atoms with E-state index in [0.29, 0.717) is 11.3 Å². The molecule has 0 bridgehead atoms. The standard InChI is InChI=1S/C10H11NO3/c1-14-8-4-2-3-7(5-8)6-9(12)10(11)13/h2-6,12H,1H3,(H2,11,13)/b9-6+. The van der Waals surface area contributed by atoms with Crippen molar-refractivity contribution >= 4 is 12.0 Å². The predicted octanol–water partition coefficient (Wildman–Crippen LogP) is 1.08. The van der Waals surface area contributed by atoms with Gasteiger partial charge in [-0.05, 0) is 23.8 Å². The van der Waals surface area contributed by atoms with Gasteiger partial charge >= 0.3 is 0 Å². The molecule has 14 heavy (non-hydrogen) atoms. The second-order valence-electron chi connectivity index (χ2n) is 2.67. The molecule has 0 unspecified atom stereocenters. The number of hydrogen-bond donors (Lipinski definition) is 2. The molecule has 0 aliphatic carbocycles. The molecule has 1 amide bonds. The average molecular weight is 193 g/mol. The number of hydrogen-bond acceptors (Lipinski definition) is 3. The van der Waals surface area contributed by atoms with Crippen LogP contribution in [0.25, 0.3) is 6.08 Å². The van der Waals surface area contributed by atoms with Crippen LogP contribution in [-0.2, 0) is 4.79 Å². The van der Waals surface area contributed by atoms with Gasteiger partial charge in [-0.2, -0.15) is 0 Å². The van der Waals surface area contributed by atoms with Crippen molar-refractivity contribution in [3.63, 3.8) is 0 Å². The SMILES string of the molecule is COc1cccc(/C=C(/O)C(N)=O)c1. The number of methoxy groups -OCH3 is 1. The number of carbonyl (C=O) groups is 1. The summed E-state index contributed by atoms with van der Waals surface area (Å²) in [6.45, 7) is 0. The summed E-state index contributed by atoms with van der Waals surface area (Å²) in [4.78, 5) is 10.5. The summed E-state index contributed by atoms with van der Waals surface area (Å²) in [5.74, 6) is -0.679. The third-order valence-electron chi connectivity index (χ3n) is 1.65. The van der Waals surface area contributed by atoms with E-state index in [1.165, 1.54) is 13.2 Å². The lowest BCUT2D eigenvalue weighted by molar-refractivity contribution is -0.116. The van der Waals surface area contributed by atoms with Crippen LogP contribution < -0.4 is 10.5 Å². The smallest absolute Gasteiger partial charge is 0.283 e. The summed E-state index contributed by atoms with van der Waals surface area (Å²) < 4.78 is 4.97. The van der Waals surface area contributed by atoms with E-state index in [-0.39, 0.29) is 0 Å². The van der Waals surface area contributed by atoms with E-state index in [0.717, 1.165) is 0 Å². The number of benzene rings is 1. The van der Waals surface area contributed by atoms with Gasteiger partial charge in [-0.25, -0.2) is 0 Å². The lowest BCUT2D eigenvalue weighted by Gasteiger charge is -2.00. The molecule has 0 aliphatic rings. The highest BCUT2D eigenvalue weighted by atomic mass is 16.5. The van der Waals surface area contributed by atoms with Gasteiger partial charge in [-0.1, -0.05) is 12.1 Å². The second-order valence-corrected chi connectivity index (χ2v) is 2.67. The van der Waals surface area contributed by atoms with Gasteiger partial charge in [0, 0.05) is 0 Å². The predicted molar refractivity (Wildman–Crippen MR) is 52.8 cm³/mol. The van der Waals surface area contributed by atoms with Gasteiger partial charge in [0.1, 0.15) is 5.75 Å². The summed E-state index contributed by atoms with van der Waals surface area (Å²) >= 11 is 0. The average Bonchev–Trinajstić information content (AvgIpc) is 2.18. The zero-order chi connectivity index (χ0) is 10.6. The van der Waals surface area contributed by atoms with Crippen LogP contribution in [0.3, 0.4) is 0 Å². The van der Waals surface area contributed by atoms with Crippen LogP contribution in [0.5, 0.6) is 5.75 Å². The molecule has 3 N–H and O–H groups in total. The molecule has 1 aromatic carbocycles. The number of aliphatic hydroxyl groups excluding tert-OH is 1. The minimum Gasteiger partial charge on any atom is -0.503 e. The summed E-state index contributed by atoms with van der Waals surface area (Å²) in [6.07, 6.45) is 1.28. The maximum atomic E-state index is 10.5. The first-order valence-electron chi connectivity index (χ1n) is 3.98. The zero-order valence-corrected chi connectivity index (χ0v) is 7.73. The van der Waals surface area contributed by atoms with E-state index in [9.17, 15) is 4.79 Å². The molecule has 4 heteroatoms. The van der Waals surface area contributed by atoms with Crippen LogP contribution in [0, 0.1) is 0 Å². The van der Waals surface area contributed by atoms with Crippen LogP contribution in [-0.4, -0.2) is 18.1 Å². The maximum absolute atomic E-state index is 10.5. The Balaban J connectivity index is 2.97. The van der Waals surface area contributed by atoms with Crippen molar-refractivity contribution < 1.29 is 14.6 Å². The normalized spacial score (nSPS) is 11.1. The van der Waals surface area contributed by atoms with Gasteiger partial charge in [0.2, 0.25) is 0 Å². The third-order valence-corrected chi connectivity index (χ3v) is 1.65. The van der Waals surface area contributed by atoms with Crippen LogP contribution in [0.2, 0.25) is 0 Å². The third kappa shape index (κ3) is 2.52. The molecular formula is C10H11NO3. The first-order chi connectivity index (χ1) is 6.63. The van der Waals surface area contributed by atoms with Crippen LogP contribution in [0.15, 0.2) is 30.0 Å². The molecule has 1 aromatic rings. The van der Waals surface area contributed by atoms with E-state index < -0.39 is 11.7 Å². The summed E-state index contributed by atoms with van der Waals surface area (Å²) in [6, 6.07) is 6.92. The minimum absolute atomic E-state index is 0.474. The van der Waals surface area contributed by atoms with E-state index in [1.807, 2.05) is 0 Å². The molecule has 74 valence electrons. The number of nitrogens with two attached hydrogens (primary N) is 1. The van der Waals surface area contributed by atoms with Crippen LogP contribution in [0.4, 0.5) is 0 Å². The highest BCUT2D eigenvalue weighted by Crippen LogP contribution is 2.14. The fourth-order valence-electron chi connectivity index (χ4n) is 0.960. The lowest BCUT2D eigenvalue weighted by Crippen LogP contribution is -2.12. The number of aliphatic hydroxyl groups is 1. The first-order valence-corrected chi connectivity index (χ1v) is 3.98. The molecule has 0 radical (unpaired) electrons. The van der Waals surface area contributed by atoms with E-state index in [2.05, 4.69) is 0 Å². The number of carbonyl (C=O) groups excluding carboxylic acids is 1. The monoisotopic (exact) mass is 193 g/mol. The number of amides is 1. The van der Waals surface area contributed by atoms with Crippen molar-refractivity contribution in [1.29, 1.82) is 0 Å². The van der Waals surface area contributed by atoms with Crippen molar-refractivity contribution in [2.45, 2.75) is 0 Å². The molecule has 0 aromatic heterocycles. The first kappa shape index (κ1) is 10.1. The summed E-state index contributed by atoms with van der Waals surface area (Å²) in [5, 5.41) is 9.09. The van der Waals surface area contributed by atoms with Crippen molar-refractivity contribution in [2.24, 2.45) is 5.73 Å². The summed E-state index contributed by atoms with van der Waals surface area (Å²) in [7, 11) is 1.54. The maximum Gasteiger partial charge on any atom is 0.283 e. The molecule has 0 heterocycles. The fraction of sp³-hybridized carbons (Fsp3) is 0.100. The Morgan fingerprint density at radius 1 is 1.57 bits per heavy atom. The van der Waals surface area contributed by atoms with Crippen LogP contribution in [0.1, 0.15) is 5.56 Å². The zero-order valence-electron chi connectivity index (χ0n) is 7.73. The Morgan fingerprint density at radius 3 is 2.86 bits per heavy atom. The van der Waals surface area contributed by atoms with Gasteiger partial charge in [-0.15, -0.1) is 0 Å². The second kappa shape index (κ2) is 4.32. The Morgan fingerprint density at radius 2 is 2.29 bits per heavy atom. The molecule has 0 aliphatic heterocycles. The Kier molecular flexibility index (Phi) is 3.12. The number of ether oxygens (including phenoxy) is 1. The molecule has 0 saturated heterocycles. The van der Waals surface area contributed by atoms with Gasteiger partial charge in [0.15, 0.2) is 5.76 Å². The van der Waals surface area contributed by atoms with E-state index >= 15 is 0 Å². The van der Waals surface area contributed by atoms with Gasteiger partial charge in [0.05, 0.1) is 7.11 Å². The molecule has 0 saturated carbocycles. The Hall–Kier alpha value is -1.97. The Bertz CT molecular complexity index is 371. The lowest BCUT2D eigenvalue weighted by atomic mass is 10.2. The molecule has 4 nitrogen and oxygen atoms in total.